The number of anilines is 2. The molecule has 1 amide bonds. The molecule has 0 aliphatic rings. The molecule has 3 aromatic heterocycles. The van der Waals surface area contributed by atoms with E-state index in [1.54, 1.807) is 24.5 Å². The predicted octanol–water partition coefficient (Wildman–Crippen LogP) is 7.01. The van der Waals surface area contributed by atoms with Gasteiger partial charge in [0.15, 0.2) is 5.13 Å². The maximum Gasteiger partial charge on any atom is 0.262 e. The van der Waals surface area contributed by atoms with Gasteiger partial charge < -0.3 is 10.1 Å². The molecule has 2 aromatic carbocycles. The highest BCUT2D eigenvalue weighted by Crippen LogP contribution is 2.40. The van der Waals surface area contributed by atoms with Gasteiger partial charge in [-0.25, -0.2) is 15.0 Å². The number of rotatable bonds is 8. The van der Waals surface area contributed by atoms with Crippen LogP contribution >= 0.6 is 11.3 Å². The number of nitrogens with one attached hydrogen (secondary N) is 2. The largest absolute Gasteiger partial charge is 0.480 e. The Kier molecular flexibility index (Phi) is 7.42. The number of hydrogen-bond donors (Lipinski definition) is 2. The molecule has 0 aliphatic carbocycles. The van der Waals surface area contributed by atoms with Gasteiger partial charge in [0, 0.05) is 24.0 Å². The van der Waals surface area contributed by atoms with Crippen molar-refractivity contribution in [3.63, 3.8) is 0 Å². The van der Waals surface area contributed by atoms with Gasteiger partial charge in [0.1, 0.15) is 11.4 Å². The molecule has 38 heavy (non-hydrogen) atoms. The quantitative estimate of drug-likeness (QED) is 0.228. The lowest BCUT2D eigenvalue weighted by molar-refractivity contribution is 0.102. The second kappa shape index (κ2) is 11.2. The summed E-state index contributed by atoms with van der Waals surface area (Å²) in [7, 11) is 1.49. The maximum atomic E-state index is 13.1. The standard InChI is InChI=1S/C30H27N5O2S/c1-19-9-7-12-22(17-19)26-27(38-30(34-26)35-28(36)24-13-8-15-32-29(24)37-3)23-14-16-31-25(18-23)33-20(2)21-10-5-4-6-11-21/h4-18,20H,1-3H3,(H,31,33)(H,34,35,36)/t20-/m1/s1. The van der Waals surface area contributed by atoms with E-state index in [2.05, 4.69) is 45.7 Å². The first-order valence-corrected chi connectivity index (χ1v) is 13.0. The predicted molar refractivity (Wildman–Crippen MR) is 153 cm³/mol. The number of benzene rings is 2. The third-order valence-corrected chi connectivity index (χ3v) is 7.05. The summed E-state index contributed by atoms with van der Waals surface area (Å²) in [4.78, 5) is 27.5. The van der Waals surface area contributed by atoms with Crippen molar-refractivity contribution < 1.29 is 9.53 Å². The van der Waals surface area contributed by atoms with E-state index in [0.29, 0.717) is 10.7 Å². The summed E-state index contributed by atoms with van der Waals surface area (Å²) in [6.07, 6.45) is 3.37. The van der Waals surface area contributed by atoms with E-state index >= 15 is 0 Å². The number of nitrogens with zero attached hydrogens (tertiary/aromatic N) is 3. The maximum absolute atomic E-state index is 13.1. The van der Waals surface area contributed by atoms with Crippen molar-refractivity contribution >= 4 is 28.2 Å². The first kappa shape index (κ1) is 25.1. The average molecular weight is 522 g/mol. The van der Waals surface area contributed by atoms with Crippen molar-refractivity contribution in [1.29, 1.82) is 0 Å². The van der Waals surface area contributed by atoms with E-state index in [4.69, 9.17) is 9.72 Å². The van der Waals surface area contributed by atoms with Crippen LogP contribution in [0.2, 0.25) is 0 Å². The summed E-state index contributed by atoms with van der Waals surface area (Å²) in [5.41, 5.74) is 5.36. The van der Waals surface area contributed by atoms with Crippen LogP contribution in [0.25, 0.3) is 21.7 Å². The molecule has 0 aliphatic heterocycles. The van der Waals surface area contributed by atoms with Crippen LogP contribution in [0.15, 0.2) is 91.3 Å². The van der Waals surface area contributed by atoms with E-state index in [1.165, 1.54) is 24.0 Å². The Morgan fingerprint density at radius 1 is 0.921 bits per heavy atom. The average Bonchev–Trinajstić information content (AvgIpc) is 3.37. The Bertz CT molecular complexity index is 1570. The van der Waals surface area contributed by atoms with Gasteiger partial charge in [0.2, 0.25) is 5.88 Å². The molecule has 3 heterocycles. The number of amides is 1. The van der Waals surface area contributed by atoms with Crippen LogP contribution in [0.5, 0.6) is 5.88 Å². The topological polar surface area (TPSA) is 89.0 Å². The van der Waals surface area contributed by atoms with E-state index in [-0.39, 0.29) is 17.8 Å². The third kappa shape index (κ3) is 5.55. The fourth-order valence-corrected chi connectivity index (χ4v) is 5.12. The number of pyridine rings is 2. The zero-order valence-corrected chi connectivity index (χ0v) is 22.1. The SMILES string of the molecule is COc1ncccc1C(=O)Nc1nc(-c2cccc(C)c2)c(-c2ccnc(N[C@H](C)c3ccccc3)c2)s1. The third-order valence-electron chi connectivity index (χ3n) is 6.03. The van der Waals surface area contributed by atoms with Crippen LogP contribution in [0.1, 0.15) is 34.5 Å². The van der Waals surface area contributed by atoms with E-state index < -0.39 is 0 Å². The minimum atomic E-state index is -0.334. The Labute approximate surface area is 225 Å². The van der Waals surface area contributed by atoms with Gasteiger partial charge in [-0.05, 0) is 55.3 Å². The van der Waals surface area contributed by atoms with Gasteiger partial charge in [0.25, 0.3) is 5.91 Å². The number of carbonyl (C=O) groups is 1. The van der Waals surface area contributed by atoms with Gasteiger partial charge in [-0.1, -0.05) is 65.4 Å². The monoisotopic (exact) mass is 521 g/mol. The second-order valence-corrected chi connectivity index (χ2v) is 9.79. The molecule has 0 spiro atoms. The highest BCUT2D eigenvalue weighted by atomic mass is 32.1. The molecule has 190 valence electrons. The normalized spacial score (nSPS) is 11.6. The molecule has 5 rings (SSSR count). The molecular weight excluding hydrogens is 494 g/mol. The lowest BCUT2D eigenvalue weighted by atomic mass is 10.1. The first-order chi connectivity index (χ1) is 18.5. The number of ether oxygens (including phenoxy) is 1. The Hall–Kier alpha value is -4.56. The zero-order chi connectivity index (χ0) is 26.5. The van der Waals surface area contributed by atoms with Gasteiger partial charge in [-0.3, -0.25) is 10.1 Å². The van der Waals surface area contributed by atoms with Crippen LogP contribution < -0.4 is 15.4 Å². The molecule has 0 bridgehead atoms. The van der Waals surface area contributed by atoms with Gasteiger partial charge in [-0.2, -0.15) is 0 Å². The first-order valence-electron chi connectivity index (χ1n) is 12.2. The number of methoxy groups -OCH3 is 1. The van der Waals surface area contributed by atoms with E-state index in [9.17, 15) is 4.79 Å². The lowest BCUT2D eigenvalue weighted by Gasteiger charge is -2.15. The van der Waals surface area contributed by atoms with Crippen molar-refractivity contribution in [2.45, 2.75) is 19.9 Å². The van der Waals surface area contributed by atoms with Crippen LogP contribution in [0.4, 0.5) is 10.9 Å². The highest BCUT2D eigenvalue weighted by molar-refractivity contribution is 7.19. The summed E-state index contributed by atoms with van der Waals surface area (Å²) < 4.78 is 5.26. The van der Waals surface area contributed by atoms with Crippen molar-refractivity contribution in [1.82, 2.24) is 15.0 Å². The van der Waals surface area contributed by atoms with Crippen molar-refractivity contribution in [3.8, 4) is 27.6 Å². The summed E-state index contributed by atoms with van der Waals surface area (Å²) in [6, 6.07) is 25.8. The molecule has 0 saturated carbocycles. The number of thiazole rings is 1. The Morgan fingerprint density at radius 2 is 1.76 bits per heavy atom. The fraction of sp³-hybridized carbons (Fsp3) is 0.133. The van der Waals surface area contributed by atoms with Gasteiger partial charge >= 0.3 is 0 Å². The van der Waals surface area contributed by atoms with Crippen LogP contribution in [-0.2, 0) is 0 Å². The van der Waals surface area contributed by atoms with Crippen molar-refractivity contribution in [3.05, 3.63) is 108 Å². The van der Waals surface area contributed by atoms with Crippen molar-refractivity contribution in [2.24, 2.45) is 0 Å². The molecule has 0 fully saturated rings. The molecule has 5 aromatic rings. The number of carbonyl (C=O) groups excluding carboxylic acids is 1. The van der Waals surface area contributed by atoms with Gasteiger partial charge in [-0.15, -0.1) is 0 Å². The highest BCUT2D eigenvalue weighted by Gasteiger charge is 2.20. The smallest absolute Gasteiger partial charge is 0.262 e. The number of aromatic nitrogens is 3. The minimum absolute atomic E-state index is 0.0842. The summed E-state index contributed by atoms with van der Waals surface area (Å²) in [6.45, 7) is 4.15. The summed E-state index contributed by atoms with van der Waals surface area (Å²) in [5, 5.41) is 6.91. The fourth-order valence-electron chi connectivity index (χ4n) is 4.15. The molecule has 0 saturated heterocycles. The van der Waals surface area contributed by atoms with E-state index in [1.807, 2.05) is 55.5 Å². The summed E-state index contributed by atoms with van der Waals surface area (Å²) in [5.74, 6) is 0.686. The molecule has 2 N–H and O–H groups in total. The number of aryl methyl sites for hydroxylation is 1. The molecule has 8 heteroatoms. The molecule has 0 unspecified atom stereocenters. The van der Waals surface area contributed by atoms with E-state index in [0.717, 1.165) is 33.1 Å². The number of hydrogen-bond acceptors (Lipinski definition) is 7. The lowest BCUT2D eigenvalue weighted by Crippen LogP contribution is -2.13. The second-order valence-electron chi connectivity index (χ2n) is 8.79. The molecular formula is C30H27N5O2S. The van der Waals surface area contributed by atoms with Crippen molar-refractivity contribution in [2.75, 3.05) is 17.7 Å². The zero-order valence-electron chi connectivity index (χ0n) is 21.3. The van der Waals surface area contributed by atoms with Gasteiger partial charge in [0.05, 0.1) is 17.7 Å². The molecule has 1 atom stereocenters. The molecule has 0 radical (unpaired) electrons. The van der Waals surface area contributed by atoms with Crippen LogP contribution in [0, 0.1) is 6.92 Å². The Morgan fingerprint density at radius 3 is 2.55 bits per heavy atom. The minimum Gasteiger partial charge on any atom is -0.480 e. The molecule has 7 nitrogen and oxygen atoms in total. The van der Waals surface area contributed by atoms with Crippen LogP contribution in [-0.4, -0.2) is 28.0 Å². The van der Waals surface area contributed by atoms with Crippen LogP contribution in [0.3, 0.4) is 0 Å². The summed E-state index contributed by atoms with van der Waals surface area (Å²) >= 11 is 1.41. The Balaban J connectivity index is 1.50.